The Balaban J connectivity index is 2.07. The number of rotatable bonds is 5. The van der Waals surface area contributed by atoms with Gasteiger partial charge < -0.3 is 10.2 Å². The summed E-state index contributed by atoms with van der Waals surface area (Å²) < 4.78 is 37.4. The fourth-order valence-corrected chi connectivity index (χ4v) is 2.14. The predicted octanol–water partition coefficient (Wildman–Crippen LogP) is 2.85. The SMILES string of the molecule is O=C(c1ccc(C(F)(F)F)cc1)[C@@H](O)[C@H](O)Cc1ccccc1. The minimum absolute atomic E-state index is 0.0639. The summed E-state index contributed by atoms with van der Waals surface area (Å²) in [5, 5.41) is 19.8. The van der Waals surface area contributed by atoms with Gasteiger partial charge in [-0.25, -0.2) is 0 Å². The van der Waals surface area contributed by atoms with Gasteiger partial charge in [0.25, 0.3) is 0 Å². The largest absolute Gasteiger partial charge is 0.416 e. The molecule has 2 atom stereocenters. The number of carbonyl (C=O) groups is 1. The second kappa shape index (κ2) is 6.93. The molecule has 122 valence electrons. The number of aliphatic hydroxyl groups excluding tert-OH is 2. The monoisotopic (exact) mass is 324 g/mol. The van der Waals surface area contributed by atoms with E-state index in [1.54, 1.807) is 30.3 Å². The van der Waals surface area contributed by atoms with Gasteiger partial charge in [-0.2, -0.15) is 13.2 Å². The number of halogens is 3. The fourth-order valence-electron chi connectivity index (χ4n) is 2.14. The predicted molar refractivity (Wildman–Crippen MR) is 77.9 cm³/mol. The topological polar surface area (TPSA) is 57.5 Å². The zero-order valence-electron chi connectivity index (χ0n) is 12.0. The third-order valence-corrected chi connectivity index (χ3v) is 3.42. The van der Waals surface area contributed by atoms with E-state index in [4.69, 9.17) is 0 Å². The normalized spacial score (nSPS) is 14.3. The molecule has 2 N–H and O–H groups in total. The molecule has 0 unspecified atom stereocenters. The molecular weight excluding hydrogens is 309 g/mol. The molecular formula is C17H15F3O3. The van der Waals surface area contributed by atoms with Crippen LogP contribution in [0.5, 0.6) is 0 Å². The molecule has 0 aliphatic rings. The van der Waals surface area contributed by atoms with Gasteiger partial charge in [0.2, 0.25) is 0 Å². The van der Waals surface area contributed by atoms with Gasteiger partial charge in [-0.15, -0.1) is 0 Å². The van der Waals surface area contributed by atoms with Gasteiger partial charge in [-0.3, -0.25) is 4.79 Å². The molecule has 3 nitrogen and oxygen atoms in total. The Morgan fingerprint density at radius 3 is 2.04 bits per heavy atom. The molecule has 0 aromatic heterocycles. The minimum atomic E-state index is -4.49. The van der Waals surface area contributed by atoms with Crippen LogP contribution in [0.2, 0.25) is 0 Å². The first kappa shape index (κ1) is 17.2. The number of carbonyl (C=O) groups excluding carboxylic acids is 1. The van der Waals surface area contributed by atoms with Crippen molar-refractivity contribution in [2.24, 2.45) is 0 Å². The first-order valence-corrected chi connectivity index (χ1v) is 6.90. The van der Waals surface area contributed by atoms with Crippen LogP contribution in [0.15, 0.2) is 54.6 Å². The van der Waals surface area contributed by atoms with Crippen LogP contribution in [0.4, 0.5) is 13.2 Å². The molecule has 0 fully saturated rings. The van der Waals surface area contributed by atoms with Crippen molar-refractivity contribution in [2.45, 2.75) is 24.8 Å². The molecule has 2 rings (SSSR count). The molecule has 0 aliphatic carbocycles. The van der Waals surface area contributed by atoms with Crippen molar-refractivity contribution in [3.63, 3.8) is 0 Å². The van der Waals surface area contributed by atoms with E-state index in [0.29, 0.717) is 0 Å². The van der Waals surface area contributed by atoms with E-state index < -0.39 is 29.7 Å². The minimum Gasteiger partial charge on any atom is -0.390 e. The molecule has 0 spiro atoms. The lowest BCUT2D eigenvalue weighted by Gasteiger charge is -2.17. The quantitative estimate of drug-likeness (QED) is 0.832. The summed E-state index contributed by atoms with van der Waals surface area (Å²) in [6, 6.07) is 12.3. The lowest BCUT2D eigenvalue weighted by Crippen LogP contribution is -2.35. The summed E-state index contributed by atoms with van der Waals surface area (Å²) >= 11 is 0. The number of benzene rings is 2. The van der Waals surface area contributed by atoms with Crippen molar-refractivity contribution in [1.82, 2.24) is 0 Å². The van der Waals surface area contributed by atoms with Crippen molar-refractivity contribution in [3.8, 4) is 0 Å². The summed E-state index contributed by atoms with van der Waals surface area (Å²) in [7, 11) is 0. The highest BCUT2D eigenvalue weighted by molar-refractivity contribution is 5.99. The average molecular weight is 324 g/mol. The third kappa shape index (κ3) is 4.40. The molecule has 0 radical (unpaired) electrons. The Bertz CT molecular complexity index is 651. The van der Waals surface area contributed by atoms with Gasteiger partial charge in [0.15, 0.2) is 5.78 Å². The van der Waals surface area contributed by atoms with Crippen LogP contribution in [0.3, 0.4) is 0 Å². The molecule has 6 heteroatoms. The summed E-state index contributed by atoms with van der Waals surface area (Å²) in [5.41, 5.74) is -0.231. The van der Waals surface area contributed by atoms with Crippen molar-refractivity contribution >= 4 is 5.78 Å². The smallest absolute Gasteiger partial charge is 0.390 e. The number of alkyl halides is 3. The zero-order chi connectivity index (χ0) is 17.0. The number of ketones is 1. The Kier molecular flexibility index (Phi) is 5.18. The maximum absolute atomic E-state index is 12.5. The van der Waals surface area contributed by atoms with Crippen LogP contribution in [-0.2, 0) is 12.6 Å². The first-order chi connectivity index (χ1) is 10.8. The highest BCUT2D eigenvalue weighted by Crippen LogP contribution is 2.29. The lowest BCUT2D eigenvalue weighted by molar-refractivity contribution is -0.137. The van der Waals surface area contributed by atoms with Crippen LogP contribution >= 0.6 is 0 Å². The van der Waals surface area contributed by atoms with Crippen LogP contribution in [-0.4, -0.2) is 28.2 Å². The van der Waals surface area contributed by atoms with E-state index in [1.807, 2.05) is 0 Å². The van der Waals surface area contributed by atoms with Crippen LogP contribution in [0, 0.1) is 0 Å². The van der Waals surface area contributed by atoms with Gasteiger partial charge in [-0.05, 0) is 17.7 Å². The maximum Gasteiger partial charge on any atom is 0.416 e. The van der Waals surface area contributed by atoms with Crippen molar-refractivity contribution in [1.29, 1.82) is 0 Å². The Labute approximate surface area is 131 Å². The summed E-state index contributed by atoms with van der Waals surface area (Å²) in [4.78, 5) is 12.0. The molecule has 0 saturated heterocycles. The highest BCUT2D eigenvalue weighted by Gasteiger charge is 2.31. The van der Waals surface area contributed by atoms with Gasteiger partial charge in [-0.1, -0.05) is 42.5 Å². The summed E-state index contributed by atoms with van der Waals surface area (Å²) in [6.45, 7) is 0. The van der Waals surface area contributed by atoms with Crippen LogP contribution < -0.4 is 0 Å². The molecule has 2 aromatic carbocycles. The second-order valence-electron chi connectivity index (χ2n) is 5.14. The standard InChI is InChI=1S/C17H15F3O3/c18-17(19,20)13-8-6-12(7-9-13)15(22)16(23)14(21)10-11-4-2-1-3-5-11/h1-9,14,16,21,23H,10H2/t14-,16+/m1/s1. The summed E-state index contributed by atoms with van der Waals surface area (Å²) in [6.07, 6.45) is -7.47. The van der Waals surface area contributed by atoms with E-state index in [1.165, 1.54) is 0 Å². The van der Waals surface area contributed by atoms with Gasteiger partial charge in [0.05, 0.1) is 11.7 Å². The molecule has 0 amide bonds. The van der Waals surface area contributed by atoms with Gasteiger partial charge in [0, 0.05) is 12.0 Å². The zero-order valence-corrected chi connectivity index (χ0v) is 12.0. The number of hydrogen-bond acceptors (Lipinski definition) is 3. The molecule has 0 bridgehead atoms. The van der Waals surface area contributed by atoms with Crippen LogP contribution in [0.25, 0.3) is 0 Å². The van der Waals surface area contributed by atoms with Crippen molar-refractivity contribution in [3.05, 3.63) is 71.3 Å². The maximum atomic E-state index is 12.5. The van der Waals surface area contributed by atoms with Gasteiger partial charge >= 0.3 is 6.18 Å². The Hall–Kier alpha value is -2.18. The van der Waals surface area contributed by atoms with E-state index in [9.17, 15) is 28.2 Å². The second-order valence-corrected chi connectivity index (χ2v) is 5.14. The van der Waals surface area contributed by atoms with E-state index >= 15 is 0 Å². The number of aliphatic hydroxyl groups is 2. The Morgan fingerprint density at radius 1 is 0.957 bits per heavy atom. The summed E-state index contributed by atoms with van der Waals surface area (Å²) in [5.74, 6) is -0.817. The van der Waals surface area contributed by atoms with E-state index in [2.05, 4.69) is 0 Å². The lowest BCUT2D eigenvalue weighted by atomic mass is 9.97. The van der Waals surface area contributed by atoms with Gasteiger partial charge in [0.1, 0.15) is 6.10 Å². The Morgan fingerprint density at radius 2 is 1.52 bits per heavy atom. The molecule has 0 aliphatic heterocycles. The number of Topliss-reactive ketones (excluding diaryl/α,β-unsaturated/α-hetero) is 1. The molecule has 0 heterocycles. The highest BCUT2D eigenvalue weighted by atomic mass is 19.4. The van der Waals surface area contributed by atoms with Crippen LogP contribution in [0.1, 0.15) is 21.5 Å². The third-order valence-electron chi connectivity index (χ3n) is 3.42. The molecule has 0 saturated carbocycles. The molecule has 2 aromatic rings. The van der Waals surface area contributed by atoms with E-state index in [0.717, 1.165) is 29.8 Å². The van der Waals surface area contributed by atoms with Crippen molar-refractivity contribution < 1.29 is 28.2 Å². The van der Waals surface area contributed by atoms with Crippen molar-refractivity contribution in [2.75, 3.05) is 0 Å². The average Bonchev–Trinajstić information content (AvgIpc) is 2.53. The number of hydrogen-bond donors (Lipinski definition) is 2. The fraction of sp³-hybridized carbons (Fsp3) is 0.235. The molecule has 23 heavy (non-hydrogen) atoms. The van der Waals surface area contributed by atoms with E-state index in [-0.39, 0.29) is 12.0 Å². The first-order valence-electron chi connectivity index (χ1n) is 6.90.